The quantitative estimate of drug-likeness (QED) is 0.795. The summed E-state index contributed by atoms with van der Waals surface area (Å²) < 4.78 is 36.7. The Morgan fingerprint density at radius 2 is 1.90 bits per heavy atom. The molecule has 21 heavy (non-hydrogen) atoms. The number of hydrogen-bond donors (Lipinski definition) is 1. The first-order valence-electron chi connectivity index (χ1n) is 7.01. The molecule has 1 fully saturated rings. The number of benzene rings is 1. The topological polar surface area (TPSA) is 81.9 Å². The Morgan fingerprint density at radius 1 is 1.29 bits per heavy atom. The van der Waals surface area contributed by atoms with Gasteiger partial charge in [-0.2, -0.15) is 0 Å². The monoisotopic (exact) mass is 314 g/mol. The van der Waals surface area contributed by atoms with E-state index < -0.39 is 10.0 Å². The Bertz CT molecular complexity index is 539. The summed E-state index contributed by atoms with van der Waals surface area (Å²) in [4.78, 5) is 0. The molecule has 0 aliphatic carbocycles. The summed E-state index contributed by atoms with van der Waals surface area (Å²) in [6.07, 6.45) is 1.49. The van der Waals surface area contributed by atoms with Crippen LogP contribution in [0.15, 0.2) is 24.3 Å². The summed E-state index contributed by atoms with van der Waals surface area (Å²) in [7, 11) is -1.68. The molecular formula is C14H22N2O4S. The maximum atomic E-state index is 12.3. The van der Waals surface area contributed by atoms with Crippen molar-refractivity contribution in [2.45, 2.75) is 18.9 Å². The Kier molecular flexibility index (Phi) is 5.44. The number of rotatable bonds is 6. The summed E-state index contributed by atoms with van der Waals surface area (Å²) in [6.45, 7) is 1.36. The van der Waals surface area contributed by atoms with E-state index >= 15 is 0 Å². The minimum Gasteiger partial charge on any atom is -0.492 e. The van der Waals surface area contributed by atoms with Crippen LogP contribution in [0.25, 0.3) is 0 Å². The number of nitrogens with two attached hydrogens (primary N) is 1. The first kappa shape index (κ1) is 16.1. The van der Waals surface area contributed by atoms with Crippen molar-refractivity contribution >= 4 is 15.7 Å². The van der Waals surface area contributed by atoms with Crippen LogP contribution in [0.2, 0.25) is 0 Å². The van der Waals surface area contributed by atoms with Crippen LogP contribution in [0.1, 0.15) is 12.8 Å². The lowest BCUT2D eigenvalue weighted by atomic mass is 10.1. The first-order valence-corrected chi connectivity index (χ1v) is 8.62. The van der Waals surface area contributed by atoms with Crippen molar-refractivity contribution in [2.24, 2.45) is 0 Å². The van der Waals surface area contributed by atoms with Crippen molar-refractivity contribution < 1.29 is 17.9 Å². The maximum absolute atomic E-state index is 12.3. The lowest BCUT2D eigenvalue weighted by Gasteiger charge is -2.30. The van der Waals surface area contributed by atoms with Crippen molar-refractivity contribution in [3.63, 3.8) is 0 Å². The number of ether oxygens (including phenoxy) is 2. The minimum atomic E-state index is -3.31. The molecule has 118 valence electrons. The number of nitrogen functional groups attached to an aromatic ring is 1. The Labute approximate surface area is 125 Å². The van der Waals surface area contributed by atoms with E-state index in [1.165, 1.54) is 4.31 Å². The number of anilines is 1. The highest BCUT2D eigenvalue weighted by Crippen LogP contribution is 2.17. The minimum absolute atomic E-state index is 0.0280. The van der Waals surface area contributed by atoms with Crippen LogP contribution in [-0.4, -0.2) is 51.4 Å². The molecule has 2 N–H and O–H groups in total. The highest BCUT2D eigenvalue weighted by molar-refractivity contribution is 7.89. The van der Waals surface area contributed by atoms with Gasteiger partial charge in [-0.15, -0.1) is 0 Å². The zero-order valence-corrected chi connectivity index (χ0v) is 13.0. The molecule has 0 radical (unpaired) electrons. The van der Waals surface area contributed by atoms with E-state index in [2.05, 4.69) is 0 Å². The molecule has 0 saturated carbocycles. The third kappa shape index (κ3) is 4.59. The molecular weight excluding hydrogens is 292 g/mol. The van der Waals surface area contributed by atoms with E-state index in [0.29, 0.717) is 24.7 Å². The predicted octanol–water partition coefficient (Wildman–Crippen LogP) is 1.09. The predicted molar refractivity (Wildman–Crippen MR) is 81.7 cm³/mol. The second-order valence-electron chi connectivity index (χ2n) is 5.09. The van der Waals surface area contributed by atoms with Gasteiger partial charge in [0.15, 0.2) is 0 Å². The normalized spacial score (nSPS) is 17.0. The van der Waals surface area contributed by atoms with Crippen molar-refractivity contribution in [2.75, 3.05) is 38.4 Å². The number of nitrogens with zero attached hydrogens (tertiary/aromatic N) is 1. The molecule has 0 amide bonds. The molecule has 0 atom stereocenters. The highest BCUT2D eigenvalue weighted by Gasteiger charge is 2.27. The van der Waals surface area contributed by atoms with Gasteiger partial charge in [0, 0.05) is 32.0 Å². The Balaban J connectivity index is 1.84. The van der Waals surface area contributed by atoms with Crippen molar-refractivity contribution in [3.8, 4) is 5.75 Å². The molecule has 1 saturated heterocycles. The van der Waals surface area contributed by atoms with Gasteiger partial charge in [-0.3, -0.25) is 0 Å². The molecule has 0 spiro atoms. The molecule has 1 aromatic rings. The van der Waals surface area contributed by atoms with Crippen LogP contribution in [0.4, 0.5) is 5.69 Å². The average molecular weight is 314 g/mol. The Morgan fingerprint density at radius 3 is 2.52 bits per heavy atom. The molecule has 1 aromatic carbocycles. The molecule has 1 aliphatic rings. The van der Waals surface area contributed by atoms with Crippen molar-refractivity contribution in [1.82, 2.24) is 4.31 Å². The van der Waals surface area contributed by atoms with Gasteiger partial charge in [0.2, 0.25) is 10.0 Å². The van der Waals surface area contributed by atoms with Gasteiger partial charge in [-0.25, -0.2) is 12.7 Å². The molecule has 1 heterocycles. The van der Waals surface area contributed by atoms with E-state index in [1.807, 2.05) is 0 Å². The highest BCUT2D eigenvalue weighted by atomic mass is 32.2. The third-order valence-electron chi connectivity index (χ3n) is 3.63. The zero-order valence-electron chi connectivity index (χ0n) is 12.2. The van der Waals surface area contributed by atoms with E-state index in [-0.39, 0.29) is 18.4 Å². The lowest BCUT2D eigenvalue weighted by molar-refractivity contribution is 0.0631. The Hall–Kier alpha value is -1.31. The van der Waals surface area contributed by atoms with Gasteiger partial charge < -0.3 is 15.2 Å². The van der Waals surface area contributed by atoms with Crippen molar-refractivity contribution in [1.29, 1.82) is 0 Å². The van der Waals surface area contributed by atoms with Gasteiger partial charge >= 0.3 is 0 Å². The maximum Gasteiger partial charge on any atom is 0.217 e. The molecule has 2 rings (SSSR count). The standard InChI is InChI=1S/C14H22N2O4S/c1-16(13-6-8-19-9-7-13)21(17,18)11-10-20-14-4-2-12(15)3-5-14/h2-5,13H,6-11,15H2,1H3. The smallest absolute Gasteiger partial charge is 0.217 e. The van der Waals surface area contributed by atoms with Crippen LogP contribution in [0.5, 0.6) is 5.75 Å². The molecule has 0 unspecified atom stereocenters. The fraction of sp³-hybridized carbons (Fsp3) is 0.571. The SMILES string of the molecule is CN(C1CCOCC1)S(=O)(=O)CCOc1ccc(N)cc1. The summed E-state index contributed by atoms with van der Waals surface area (Å²) in [5, 5.41) is 0. The number of sulfonamides is 1. The van der Waals surface area contributed by atoms with Crippen LogP contribution in [0, 0.1) is 0 Å². The summed E-state index contributed by atoms with van der Waals surface area (Å²) in [5.74, 6) is 0.582. The lowest BCUT2D eigenvalue weighted by Crippen LogP contribution is -2.42. The third-order valence-corrected chi connectivity index (χ3v) is 5.49. The molecule has 1 aliphatic heterocycles. The molecule has 0 aromatic heterocycles. The second-order valence-corrected chi connectivity index (χ2v) is 7.24. The van der Waals surface area contributed by atoms with Crippen LogP contribution < -0.4 is 10.5 Å². The van der Waals surface area contributed by atoms with Gasteiger partial charge in [0.05, 0.1) is 5.75 Å². The van der Waals surface area contributed by atoms with E-state index in [9.17, 15) is 8.42 Å². The van der Waals surface area contributed by atoms with Gasteiger partial charge in [0.1, 0.15) is 12.4 Å². The van der Waals surface area contributed by atoms with Crippen molar-refractivity contribution in [3.05, 3.63) is 24.3 Å². The van der Waals surface area contributed by atoms with Gasteiger partial charge in [0.25, 0.3) is 0 Å². The number of hydrogen-bond acceptors (Lipinski definition) is 5. The van der Waals surface area contributed by atoms with Crippen LogP contribution in [-0.2, 0) is 14.8 Å². The van der Waals surface area contributed by atoms with E-state index in [0.717, 1.165) is 12.8 Å². The summed E-state index contributed by atoms with van der Waals surface area (Å²) in [5.41, 5.74) is 6.23. The molecule has 7 heteroatoms. The van der Waals surface area contributed by atoms with Crippen LogP contribution >= 0.6 is 0 Å². The fourth-order valence-corrected chi connectivity index (χ4v) is 3.50. The van der Waals surface area contributed by atoms with Gasteiger partial charge in [-0.1, -0.05) is 0 Å². The molecule has 0 bridgehead atoms. The molecule has 6 nitrogen and oxygen atoms in total. The zero-order chi connectivity index (χ0) is 15.3. The average Bonchev–Trinajstić information content (AvgIpc) is 2.49. The van der Waals surface area contributed by atoms with E-state index in [4.69, 9.17) is 15.2 Å². The first-order chi connectivity index (χ1) is 9.99. The largest absolute Gasteiger partial charge is 0.492 e. The summed E-state index contributed by atoms with van der Waals surface area (Å²) >= 11 is 0. The van der Waals surface area contributed by atoms with Gasteiger partial charge in [-0.05, 0) is 37.1 Å². The summed E-state index contributed by atoms with van der Waals surface area (Å²) in [6, 6.07) is 6.92. The fourth-order valence-electron chi connectivity index (χ4n) is 2.25. The second kappa shape index (κ2) is 7.11. The van der Waals surface area contributed by atoms with Crippen LogP contribution in [0.3, 0.4) is 0 Å². The van der Waals surface area contributed by atoms with E-state index in [1.54, 1.807) is 31.3 Å².